The number of nitrogens with zero attached hydrogens (tertiary/aromatic N) is 3. The molecule has 1 aliphatic carbocycles. The summed E-state index contributed by atoms with van der Waals surface area (Å²) < 4.78 is 0. The standard InChI is InChI=1S/C22H35N5O/c1-8-24-17(5)27-13-9-18(10-14-27)25-21(28)19(15(2)3)16(4)20(23-7)26-22(6)11-12-22/h8,18,26H,1,7,9-14H2,2-6H3,(H,25,28)/b20-16-,24-17?. The van der Waals surface area contributed by atoms with E-state index in [4.69, 9.17) is 0 Å². The van der Waals surface area contributed by atoms with Crippen molar-refractivity contribution >= 4 is 18.5 Å². The smallest absolute Gasteiger partial charge is 0.251 e. The summed E-state index contributed by atoms with van der Waals surface area (Å²) in [6.07, 6.45) is 5.60. The third-order valence-corrected chi connectivity index (χ3v) is 5.60. The van der Waals surface area contributed by atoms with Crippen LogP contribution in [0.25, 0.3) is 0 Å². The highest BCUT2D eigenvalue weighted by Gasteiger charge is 2.38. The van der Waals surface area contributed by atoms with Crippen molar-refractivity contribution in [2.45, 2.75) is 71.9 Å². The highest BCUT2D eigenvalue weighted by Crippen LogP contribution is 2.36. The van der Waals surface area contributed by atoms with E-state index < -0.39 is 0 Å². The molecule has 1 saturated heterocycles. The molecule has 0 aromatic carbocycles. The van der Waals surface area contributed by atoms with Gasteiger partial charge < -0.3 is 15.5 Å². The van der Waals surface area contributed by atoms with Gasteiger partial charge in [0.1, 0.15) is 11.7 Å². The number of nitrogens with one attached hydrogen (secondary N) is 2. The largest absolute Gasteiger partial charge is 0.365 e. The first-order valence-electron chi connectivity index (χ1n) is 10.1. The number of rotatable bonds is 7. The lowest BCUT2D eigenvalue weighted by Gasteiger charge is -2.33. The van der Waals surface area contributed by atoms with Crippen molar-refractivity contribution < 1.29 is 4.79 Å². The van der Waals surface area contributed by atoms with Crippen molar-refractivity contribution in [3.8, 4) is 0 Å². The van der Waals surface area contributed by atoms with Crippen molar-refractivity contribution in [3.63, 3.8) is 0 Å². The van der Waals surface area contributed by atoms with Crippen LogP contribution in [0.4, 0.5) is 0 Å². The second-order valence-electron chi connectivity index (χ2n) is 8.29. The summed E-state index contributed by atoms with van der Waals surface area (Å²) in [6.45, 7) is 19.2. The maximum atomic E-state index is 13.1. The molecule has 1 amide bonds. The van der Waals surface area contributed by atoms with Crippen molar-refractivity contribution in [1.82, 2.24) is 15.5 Å². The molecule has 2 N–H and O–H groups in total. The molecule has 6 nitrogen and oxygen atoms in total. The van der Waals surface area contributed by atoms with Gasteiger partial charge in [-0.25, -0.2) is 9.98 Å². The van der Waals surface area contributed by atoms with Gasteiger partial charge in [0.25, 0.3) is 5.91 Å². The van der Waals surface area contributed by atoms with E-state index >= 15 is 0 Å². The van der Waals surface area contributed by atoms with E-state index in [1.54, 1.807) is 6.20 Å². The quantitative estimate of drug-likeness (QED) is 0.305. The van der Waals surface area contributed by atoms with Crippen LogP contribution in [0, 0.1) is 0 Å². The fourth-order valence-corrected chi connectivity index (χ4v) is 3.56. The molecule has 0 spiro atoms. The number of hydrogen-bond acceptors (Lipinski definition) is 4. The third kappa shape index (κ3) is 5.57. The molecular formula is C22H35N5O. The van der Waals surface area contributed by atoms with Crippen LogP contribution >= 0.6 is 0 Å². The summed E-state index contributed by atoms with van der Waals surface area (Å²) in [6, 6.07) is 0.163. The Labute approximate surface area is 169 Å². The van der Waals surface area contributed by atoms with Crippen molar-refractivity contribution in [2.24, 2.45) is 9.98 Å². The van der Waals surface area contributed by atoms with Gasteiger partial charge in [0.15, 0.2) is 0 Å². The highest BCUT2D eigenvalue weighted by molar-refractivity contribution is 5.98. The number of aliphatic imine (C=N–C) groups is 2. The van der Waals surface area contributed by atoms with Crippen molar-refractivity contribution in [3.05, 3.63) is 35.3 Å². The molecule has 0 unspecified atom stereocenters. The number of piperidine rings is 1. The second-order valence-corrected chi connectivity index (χ2v) is 8.29. The first-order valence-corrected chi connectivity index (χ1v) is 10.1. The number of carbonyl (C=O) groups excluding carboxylic acids is 1. The zero-order valence-corrected chi connectivity index (χ0v) is 18.1. The Morgan fingerprint density at radius 2 is 1.79 bits per heavy atom. The SMILES string of the molecule is C=CN=C(C)N1CCC(NC(=O)C(=C(C)C)/C(C)=C(/N=C)NC2(C)CC2)CC1. The Morgan fingerprint density at radius 1 is 1.18 bits per heavy atom. The Morgan fingerprint density at radius 3 is 2.25 bits per heavy atom. The van der Waals surface area contributed by atoms with Gasteiger partial charge in [-0.3, -0.25) is 4.79 Å². The Balaban J connectivity index is 2.06. The molecule has 28 heavy (non-hydrogen) atoms. The zero-order chi connectivity index (χ0) is 20.9. The molecule has 2 fully saturated rings. The predicted molar refractivity (Wildman–Crippen MR) is 117 cm³/mol. The summed E-state index contributed by atoms with van der Waals surface area (Å²) in [5, 5.41) is 6.67. The monoisotopic (exact) mass is 385 g/mol. The molecule has 1 saturated carbocycles. The number of amides is 1. The molecular weight excluding hydrogens is 350 g/mol. The second kappa shape index (κ2) is 9.22. The third-order valence-electron chi connectivity index (χ3n) is 5.60. The van der Waals surface area contributed by atoms with Crippen LogP contribution in [0.15, 0.2) is 45.3 Å². The number of hydrogen-bond donors (Lipinski definition) is 2. The van der Waals surface area contributed by atoms with Gasteiger partial charge in [0, 0.05) is 42.0 Å². The fourth-order valence-electron chi connectivity index (χ4n) is 3.56. The van der Waals surface area contributed by atoms with Gasteiger partial charge in [0.2, 0.25) is 0 Å². The first kappa shape index (κ1) is 21.9. The Kier molecular flexibility index (Phi) is 7.22. The predicted octanol–water partition coefficient (Wildman–Crippen LogP) is 3.54. The lowest BCUT2D eigenvalue weighted by atomic mass is 9.99. The molecule has 0 atom stereocenters. The molecule has 6 heteroatoms. The normalized spacial score (nSPS) is 20.0. The molecule has 2 rings (SSSR count). The summed E-state index contributed by atoms with van der Waals surface area (Å²) in [5.74, 6) is 1.65. The maximum absolute atomic E-state index is 13.1. The molecule has 0 radical (unpaired) electrons. The van der Waals surface area contributed by atoms with E-state index in [-0.39, 0.29) is 17.5 Å². The van der Waals surface area contributed by atoms with Crippen LogP contribution in [0.1, 0.15) is 60.3 Å². The first-order chi connectivity index (χ1) is 13.2. The van der Waals surface area contributed by atoms with Crippen LogP contribution in [-0.2, 0) is 4.79 Å². The topological polar surface area (TPSA) is 69.1 Å². The van der Waals surface area contributed by atoms with Crippen LogP contribution in [0.2, 0.25) is 0 Å². The van der Waals surface area contributed by atoms with Gasteiger partial charge in [-0.2, -0.15) is 0 Å². The molecule has 0 bridgehead atoms. The molecule has 1 heterocycles. The van der Waals surface area contributed by atoms with Crippen LogP contribution in [0.5, 0.6) is 0 Å². The van der Waals surface area contributed by atoms with Gasteiger partial charge in [0.05, 0.1) is 0 Å². The van der Waals surface area contributed by atoms with E-state index in [0.29, 0.717) is 11.4 Å². The van der Waals surface area contributed by atoms with Crippen LogP contribution in [0.3, 0.4) is 0 Å². The summed E-state index contributed by atoms with van der Waals surface area (Å²) in [7, 11) is 0. The average molecular weight is 386 g/mol. The molecule has 1 aliphatic heterocycles. The summed E-state index contributed by atoms with van der Waals surface area (Å²) in [4.78, 5) is 23.7. The van der Waals surface area contributed by atoms with E-state index in [1.165, 1.54) is 0 Å². The number of carbonyl (C=O) groups is 1. The van der Waals surface area contributed by atoms with Gasteiger partial charge in [-0.15, -0.1) is 0 Å². The number of allylic oxidation sites excluding steroid dienone is 1. The fraction of sp³-hybridized carbons (Fsp3) is 0.591. The zero-order valence-electron chi connectivity index (χ0n) is 18.1. The lowest BCUT2D eigenvalue weighted by molar-refractivity contribution is -0.118. The lowest BCUT2D eigenvalue weighted by Crippen LogP contribution is -2.46. The number of likely N-dealkylation sites (tertiary alicyclic amines) is 1. The van der Waals surface area contributed by atoms with Crippen molar-refractivity contribution in [2.75, 3.05) is 13.1 Å². The van der Waals surface area contributed by atoms with Gasteiger partial charge in [-0.1, -0.05) is 12.2 Å². The van der Waals surface area contributed by atoms with E-state index in [2.05, 4.69) is 45.7 Å². The number of amidine groups is 1. The summed E-state index contributed by atoms with van der Waals surface area (Å²) in [5.41, 5.74) is 2.61. The van der Waals surface area contributed by atoms with Crippen LogP contribution < -0.4 is 10.6 Å². The minimum atomic E-state index is -0.0312. The average Bonchev–Trinajstić information content (AvgIpc) is 3.37. The van der Waals surface area contributed by atoms with E-state index in [1.807, 2.05) is 27.7 Å². The molecule has 2 aliphatic rings. The highest BCUT2D eigenvalue weighted by atomic mass is 16.1. The van der Waals surface area contributed by atoms with Crippen LogP contribution in [-0.4, -0.2) is 48.0 Å². The van der Waals surface area contributed by atoms with E-state index in [9.17, 15) is 4.79 Å². The molecule has 0 aromatic rings. The van der Waals surface area contributed by atoms with Gasteiger partial charge in [-0.05, 0) is 67.0 Å². The molecule has 154 valence electrons. The minimum absolute atomic E-state index is 0.0312. The molecule has 0 aromatic heterocycles. The van der Waals surface area contributed by atoms with E-state index in [0.717, 1.165) is 55.8 Å². The minimum Gasteiger partial charge on any atom is -0.365 e. The Bertz CT molecular complexity index is 715. The Hall–Kier alpha value is -2.37. The van der Waals surface area contributed by atoms with Crippen molar-refractivity contribution in [1.29, 1.82) is 0 Å². The summed E-state index contributed by atoms with van der Waals surface area (Å²) >= 11 is 0. The van der Waals surface area contributed by atoms with Gasteiger partial charge >= 0.3 is 0 Å². The maximum Gasteiger partial charge on any atom is 0.251 e.